The Morgan fingerprint density at radius 2 is 1.67 bits per heavy atom. The number of nitrogens with one attached hydrogen (secondary N) is 1. The van der Waals surface area contributed by atoms with Gasteiger partial charge in [0.1, 0.15) is 0 Å². The normalized spacial score (nSPS) is 16.8. The Balaban J connectivity index is 1.44. The zero-order valence-electron chi connectivity index (χ0n) is 13.6. The first-order valence-corrected chi connectivity index (χ1v) is 8.60. The van der Waals surface area contributed by atoms with Gasteiger partial charge in [0.2, 0.25) is 6.79 Å². The van der Waals surface area contributed by atoms with Gasteiger partial charge in [-0.05, 0) is 48.6 Å². The zero-order chi connectivity index (χ0) is 16.4. The van der Waals surface area contributed by atoms with Crippen molar-refractivity contribution in [2.75, 3.05) is 12.1 Å². The molecule has 2 aromatic carbocycles. The summed E-state index contributed by atoms with van der Waals surface area (Å²) in [5.41, 5.74) is 2.74. The molecule has 0 bridgehead atoms. The van der Waals surface area contributed by atoms with Gasteiger partial charge in [0.05, 0.1) is 0 Å². The molecule has 1 saturated carbocycles. The van der Waals surface area contributed by atoms with E-state index >= 15 is 0 Å². The topological polar surface area (TPSA) is 47.6 Å². The van der Waals surface area contributed by atoms with Crippen molar-refractivity contribution < 1.29 is 14.3 Å². The summed E-state index contributed by atoms with van der Waals surface area (Å²) in [7, 11) is 0. The molecule has 1 amide bonds. The van der Waals surface area contributed by atoms with E-state index in [1.54, 1.807) is 6.07 Å². The number of benzene rings is 2. The Morgan fingerprint density at radius 1 is 0.917 bits per heavy atom. The molecule has 0 radical (unpaired) electrons. The monoisotopic (exact) mass is 323 g/mol. The minimum Gasteiger partial charge on any atom is -0.454 e. The number of fused-ring (bicyclic) bond motifs is 1. The van der Waals surface area contributed by atoms with Crippen molar-refractivity contribution in [3.05, 3.63) is 53.6 Å². The summed E-state index contributed by atoms with van der Waals surface area (Å²) < 4.78 is 10.6. The Morgan fingerprint density at radius 3 is 2.46 bits per heavy atom. The van der Waals surface area contributed by atoms with Crippen LogP contribution in [0.25, 0.3) is 0 Å². The molecule has 2 aliphatic rings. The van der Waals surface area contributed by atoms with E-state index < -0.39 is 0 Å². The minimum absolute atomic E-state index is 0.107. The van der Waals surface area contributed by atoms with Crippen LogP contribution in [0.4, 0.5) is 5.69 Å². The van der Waals surface area contributed by atoms with E-state index in [1.807, 2.05) is 24.3 Å². The fourth-order valence-corrected chi connectivity index (χ4v) is 3.52. The van der Waals surface area contributed by atoms with E-state index in [4.69, 9.17) is 9.47 Å². The van der Waals surface area contributed by atoms with Crippen molar-refractivity contribution in [2.24, 2.45) is 0 Å². The van der Waals surface area contributed by atoms with Gasteiger partial charge in [0, 0.05) is 17.3 Å². The fourth-order valence-electron chi connectivity index (χ4n) is 3.52. The third-order valence-corrected chi connectivity index (χ3v) is 4.88. The number of carbonyl (C=O) groups is 1. The molecule has 0 aromatic heterocycles. The lowest BCUT2D eigenvalue weighted by Gasteiger charge is -2.22. The predicted octanol–water partition coefficient (Wildman–Crippen LogP) is 4.72. The highest BCUT2D eigenvalue weighted by atomic mass is 16.7. The van der Waals surface area contributed by atoms with Gasteiger partial charge in [-0.1, -0.05) is 31.4 Å². The molecule has 1 aliphatic carbocycles. The third-order valence-electron chi connectivity index (χ3n) is 4.88. The Bertz CT molecular complexity index is 733. The molecular formula is C20H21NO3. The summed E-state index contributed by atoms with van der Waals surface area (Å²) in [5, 5.41) is 2.91. The molecule has 2 aromatic rings. The first-order chi connectivity index (χ1) is 11.8. The van der Waals surface area contributed by atoms with E-state index in [0.717, 1.165) is 0 Å². The summed E-state index contributed by atoms with van der Waals surface area (Å²) in [6.07, 6.45) is 6.52. The van der Waals surface area contributed by atoms with Crippen molar-refractivity contribution >= 4 is 11.6 Å². The van der Waals surface area contributed by atoms with Crippen LogP contribution in [0.15, 0.2) is 42.5 Å². The third kappa shape index (κ3) is 3.09. The van der Waals surface area contributed by atoms with Gasteiger partial charge in [-0.25, -0.2) is 0 Å². The van der Waals surface area contributed by atoms with Crippen LogP contribution in [0.2, 0.25) is 0 Å². The van der Waals surface area contributed by atoms with Crippen LogP contribution in [-0.2, 0) is 0 Å². The van der Waals surface area contributed by atoms with Gasteiger partial charge in [-0.3, -0.25) is 4.79 Å². The maximum atomic E-state index is 12.4. The second-order valence-electron chi connectivity index (χ2n) is 6.48. The van der Waals surface area contributed by atoms with Crippen molar-refractivity contribution in [1.29, 1.82) is 0 Å². The molecule has 24 heavy (non-hydrogen) atoms. The van der Waals surface area contributed by atoms with E-state index in [9.17, 15) is 4.79 Å². The lowest BCUT2D eigenvalue weighted by Crippen LogP contribution is -2.12. The van der Waals surface area contributed by atoms with Gasteiger partial charge in [-0.2, -0.15) is 0 Å². The smallest absolute Gasteiger partial charge is 0.255 e. The van der Waals surface area contributed by atoms with Gasteiger partial charge >= 0.3 is 0 Å². The molecule has 1 heterocycles. The number of hydrogen-bond donors (Lipinski definition) is 1. The maximum absolute atomic E-state index is 12.4. The summed E-state index contributed by atoms with van der Waals surface area (Å²) in [6, 6.07) is 13.5. The highest BCUT2D eigenvalue weighted by Gasteiger charge is 2.17. The first kappa shape index (κ1) is 15.1. The molecular weight excluding hydrogens is 302 g/mol. The summed E-state index contributed by atoms with van der Waals surface area (Å²) in [4.78, 5) is 12.4. The van der Waals surface area contributed by atoms with Crippen molar-refractivity contribution in [2.45, 2.75) is 38.0 Å². The zero-order valence-corrected chi connectivity index (χ0v) is 13.6. The van der Waals surface area contributed by atoms with Crippen LogP contribution >= 0.6 is 0 Å². The quantitative estimate of drug-likeness (QED) is 0.889. The molecule has 4 nitrogen and oxygen atoms in total. The Labute approximate surface area is 141 Å². The highest BCUT2D eigenvalue weighted by Crippen LogP contribution is 2.35. The summed E-state index contributed by atoms with van der Waals surface area (Å²) in [6.45, 7) is 0.232. The van der Waals surface area contributed by atoms with Crippen LogP contribution < -0.4 is 14.8 Å². The fraction of sp³-hybridized carbons (Fsp3) is 0.350. The van der Waals surface area contributed by atoms with E-state index in [-0.39, 0.29) is 12.7 Å². The van der Waals surface area contributed by atoms with Crippen molar-refractivity contribution in [1.82, 2.24) is 0 Å². The molecule has 1 fully saturated rings. The Kier molecular flexibility index (Phi) is 4.11. The van der Waals surface area contributed by atoms with Gasteiger partial charge in [0.15, 0.2) is 11.5 Å². The van der Waals surface area contributed by atoms with Crippen LogP contribution in [0.1, 0.15) is 53.9 Å². The average molecular weight is 323 g/mol. The molecule has 1 N–H and O–H groups in total. The van der Waals surface area contributed by atoms with Crippen LogP contribution in [-0.4, -0.2) is 12.7 Å². The second-order valence-corrected chi connectivity index (χ2v) is 6.48. The number of rotatable bonds is 3. The molecule has 0 atom stereocenters. The van der Waals surface area contributed by atoms with Crippen LogP contribution in [0.3, 0.4) is 0 Å². The molecule has 4 rings (SSSR count). The van der Waals surface area contributed by atoms with E-state index in [1.165, 1.54) is 37.7 Å². The number of hydrogen-bond acceptors (Lipinski definition) is 3. The molecule has 0 saturated heterocycles. The Hall–Kier alpha value is -2.49. The molecule has 4 heteroatoms. The lowest BCUT2D eigenvalue weighted by atomic mass is 9.84. The van der Waals surface area contributed by atoms with Gasteiger partial charge in [0.25, 0.3) is 5.91 Å². The largest absolute Gasteiger partial charge is 0.454 e. The standard InChI is InChI=1S/C20H21NO3/c22-20(21-17-10-11-18-19(12-17)24-13-23-18)16-8-6-15(7-9-16)14-4-2-1-3-5-14/h6-12,14H,1-5,13H2,(H,21,22). The molecule has 1 aliphatic heterocycles. The van der Waals surface area contributed by atoms with Crippen LogP contribution in [0.5, 0.6) is 11.5 Å². The van der Waals surface area contributed by atoms with E-state index in [0.29, 0.717) is 28.7 Å². The van der Waals surface area contributed by atoms with Gasteiger partial charge in [-0.15, -0.1) is 0 Å². The van der Waals surface area contributed by atoms with Crippen LogP contribution in [0, 0.1) is 0 Å². The summed E-state index contributed by atoms with van der Waals surface area (Å²) >= 11 is 0. The SMILES string of the molecule is O=C(Nc1ccc2c(c1)OCO2)c1ccc(C2CCCCC2)cc1. The second kappa shape index (κ2) is 6.56. The van der Waals surface area contributed by atoms with Crippen molar-refractivity contribution in [3.8, 4) is 11.5 Å². The van der Waals surface area contributed by atoms with E-state index in [2.05, 4.69) is 17.4 Å². The molecule has 0 unspecified atom stereocenters. The predicted molar refractivity (Wildman–Crippen MR) is 92.8 cm³/mol. The lowest BCUT2D eigenvalue weighted by molar-refractivity contribution is 0.102. The molecule has 0 spiro atoms. The first-order valence-electron chi connectivity index (χ1n) is 8.60. The molecule has 124 valence electrons. The number of ether oxygens (including phenoxy) is 2. The number of anilines is 1. The number of amides is 1. The average Bonchev–Trinajstić information content (AvgIpc) is 3.10. The maximum Gasteiger partial charge on any atom is 0.255 e. The van der Waals surface area contributed by atoms with Gasteiger partial charge < -0.3 is 14.8 Å². The summed E-state index contributed by atoms with van der Waals surface area (Å²) in [5.74, 6) is 1.93. The highest BCUT2D eigenvalue weighted by molar-refractivity contribution is 6.04. The minimum atomic E-state index is -0.107. The number of carbonyl (C=O) groups excluding carboxylic acids is 1. The van der Waals surface area contributed by atoms with Crippen molar-refractivity contribution in [3.63, 3.8) is 0 Å².